The second kappa shape index (κ2) is 9.04. The highest BCUT2D eigenvalue weighted by atomic mass is 16.5. The second-order valence-corrected chi connectivity index (χ2v) is 8.01. The third kappa shape index (κ3) is 4.94. The first-order valence-corrected chi connectivity index (χ1v) is 10.5. The lowest BCUT2D eigenvalue weighted by atomic mass is 9.95. The minimum atomic E-state index is -0.264. The van der Waals surface area contributed by atoms with Gasteiger partial charge in [-0.1, -0.05) is 48.0 Å². The molecule has 0 radical (unpaired) electrons. The van der Waals surface area contributed by atoms with Crippen LogP contribution in [0.15, 0.2) is 66.7 Å². The summed E-state index contributed by atoms with van der Waals surface area (Å²) in [7, 11) is 0. The van der Waals surface area contributed by atoms with Gasteiger partial charge in [0.05, 0.1) is 5.92 Å². The number of ether oxygens (including phenoxy) is 1. The molecule has 3 aromatic carbocycles. The Labute approximate surface area is 182 Å². The van der Waals surface area contributed by atoms with E-state index in [1.807, 2.05) is 74.5 Å². The van der Waals surface area contributed by atoms with E-state index in [1.165, 1.54) is 5.56 Å². The first-order valence-electron chi connectivity index (χ1n) is 10.5. The largest absolute Gasteiger partial charge is 0.492 e. The van der Waals surface area contributed by atoms with E-state index in [2.05, 4.69) is 10.6 Å². The molecule has 0 fully saturated rings. The van der Waals surface area contributed by atoms with Crippen molar-refractivity contribution >= 4 is 17.5 Å². The summed E-state index contributed by atoms with van der Waals surface area (Å²) in [6.07, 6.45) is 0.573. The zero-order chi connectivity index (χ0) is 21.8. The summed E-state index contributed by atoms with van der Waals surface area (Å²) in [4.78, 5) is 25.3. The van der Waals surface area contributed by atoms with Crippen LogP contribution in [-0.2, 0) is 17.8 Å². The van der Waals surface area contributed by atoms with Gasteiger partial charge in [0.1, 0.15) is 12.4 Å². The quantitative estimate of drug-likeness (QED) is 0.649. The molecule has 2 N–H and O–H groups in total. The van der Waals surface area contributed by atoms with Gasteiger partial charge in [0.2, 0.25) is 5.91 Å². The molecule has 1 heterocycles. The van der Waals surface area contributed by atoms with E-state index in [0.717, 1.165) is 22.4 Å². The van der Waals surface area contributed by atoms with Crippen LogP contribution in [0.3, 0.4) is 0 Å². The number of nitrogens with one attached hydrogen (secondary N) is 2. The van der Waals surface area contributed by atoms with Crippen molar-refractivity contribution in [1.82, 2.24) is 5.32 Å². The number of fused-ring (bicyclic) bond motifs is 1. The molecule has 0 saturated carbocycles. The molecular weight excluding hydrogens is 388 g/mol. The Morgan fingerprint density at radius 1 is 1.00 bits per heavy atom. The summed E-state index contributed by atoms with van der Waals surface area (Å²) >= 11 is 0. The van der Waals surface area contributed by atoms with Gasteiger partial charge in [-0.05, 0) is 61.2 Å². The van der Waals surface area contributed by atoms with Crippen LogP contribution in [0.5, 0.6) is 5.75 Å². The number of rotatable bonds is 5. The van der Waals surface area contributed by atoms with Crippen molar-refractivity contribution in [3.63, 3.8) is 0 Å². The van der Waals surface area contributed by atoms with E-state index in [4.69, 9.17) is 4.74 Å². The minimum absolute atomic E-state index is 0.0272. The number of carbonyl (C=O) groups excluding carboxylic acids is 2. The molecule has 1 atom stereocenters. The van der Waals surface area contributed by atoms with Gasteiger partial charge < -0.3 is 15.4 Å². The molecule has 1 aliphatic heterocycles. The molecule has 4 rings (SSSR count). The van der Waals surface area contributed by atoms with Gasteiger partial charge in [0, 0.05) is 17.8 Å². The fourth-order valence-corrected chi connectivity index (χ4v) is 3.71. The van der Waals surface area contributed by atoms with Gasteiger partial charge >= 0.3 is 0 Å². The molecular formula is C26H26N2O3. The third-order valence-electron chi connectivity index (χ3n) is 5.57. The van der Waals surface area contributed by atoms with Crippen molar-refractivity contribution in [2.75, 3.05) is 11.9 Å². The molecule has 0 saturated heterocycles. The van der Waals surface area contributed by atoms with Gasteiger partial charge in [-0.25, -0.2) is 0 Å². The molecule has 1 aliphatic rings. The summed E-state index contributed by atoms with van der Waals surface area (Å²) in [6, 6.07) is 21.2. The molecule has 5 nitrogen and oxygen atoms in total. The molecule has 3 aromatic rings. The van der Waals surface area contributed by atoms with Crippen LogP contribution in [0.25, 0.3) is 0 Å². The molecule has 0 aliphatic carbocycles. The average molecular weight is 415 g/mol. The van der Waals surface area contributed by atoms with Crippen LogP contribution in [0.4, 0.5) is 5.69 Å². The third-order valence-corrected chi connectivity index (χ3v) is 5.57. The number of hydrogen-bond donors (Lipinski definition) is 2. The maximum absolute atomic E-state index is 12.7. The number of anilines is 1. The number of carbonyl (C=O) groups is 2. The van der Waals surface area contributed by atoms with Crippen LogP contribution in [0.2, 0.25) is 0 Å². The summed E-state index contributed by atoms with van der Waals surface area (Å²) in [5.74, 6) is 0.319. The lowest BCUT2D eigenvalue weighted by Crippen LogP contribution is -2.37. The van der Waals surface area contributed by atoms with E-state index in [-0.39, 0.29) is 17.7 Å². The standard InChI is InChI=1S/C26H26N2O3/c1-17-7-9-19(10-8-17)15-27-25(29)21-13-20-14-22(11-12-24(20)31-16-21)28-26(30)23-6-4-3-5-18(23)2/h3-12,14,21H,13,15-16H2,1-2H3,(H,27,29)(H,28,30)/t21-/m0/s1. The average Bonchev–Trinajstić information content (AvgIpc) is 2.78. The molecule has 2 amide bonds. The van der Waals surface area contributed by atoms with Crippen molar-refractivity contribution in [1.29, 1.82) is 0 Å². The van der Waals surface area contributed by atoms with Gasteiger partial charge in [-0.3, -0.25) is 9.59 Å². The minimum Gasteiger partial charge on any atom is -0.492 e. The summed E-state index contributed by atoms with van der Waals surface area (Å²) in [6.45, 7) is 4.79. The Balaban J connectivity index is 1.40. The van der Waals surface area contributed by atoms with E-state index < -0.39 is 0 Å². The van der Waals surface area contributed by atoms with E-state index in [1.54, 1.807) is 6.07 Å². The Morgan fingerprint density at radius 3 is 2.55 bits per heavy atom. The predicted molar refractivity (Wildman–Crippen MR) is 121 cm³/mol. The van der Waals surface area contributed by atoms with E-state index in [0.29, 0.717) is 30.8 Å². The van der Waals surface area contributed by atoms with Gasteiger partial charge in [0.25, 0.3) is 5.91 Å². The highest BCUT2D eigenvalue weighted by Gasteiger charge is 2.26. The molecule has 0 bridgehead atoms. The topological polar surface area (TPSA) is 67.4 Å². The monoisotopic (exact) mass is 414 g/mol. The maximum atomic E-state index is 12.7. The van der Waals surface area contributed by atoms with Gasteiger partial charge in [0.15, 0.2) is 0 Å². The molecule has 5 heteroatoms. The number of aryl methyl sites for hydroxylation is 2. The number of hydrogen-bond acceptors (Lipinski definition) is 3. The molecule has 0 spiro atoms. The summed E-state index contributed by atoms with van der Waals surface area (Å²) in [5.41, 5.74) is 5.44. The highest BCUT2D eigenvalue weighted by Crippen LogP contribution is 2.30. The lowest BCUT2D eigenvalue weighted by molar-refractivity contribution is -0.126. The van der Waals surface area contributed by atoms with Gasteiger partial charge in [-0.15, -0.1) is 0 Å². The van der Waals surface area contributed by atoms with Gasteiger partial charge in [-0.2, -0.15) is 0 Å². The van der Waals surface area contributed by atoms with Crippen molar-refractivity contribution in [2.45, 2.75) is 26.8 Å². The Morgan fingerprint density at radius 2 is 1.77 bits per heavy atom. The van der Waals surface area contributed by atoms with E-state index >= 15 is 0 Å². The fourth-order valence-electron chi connectivity index (χ4n) is 3.71. The van der Waals surface area contributed by atoms with Crippen molar-refractivity contribution < 1.29 is 14.3 Å². The SMILES string of the molecule is Cc1ccc(CNC(=O)[C@@H]2COc3ccc(NC(=O)c4ccccc4C)cc3C2)cc1. The highest BCUT2D eigenvalue weighted by molar-refractivity contribution is 6.05. The Kier molecular flexibility index (Phi) is 6.03. The van der Waals surface area contributed by atoms with E-state index in [9.17, 15) is 9.59 Å². The smallest absolute Gasteiger partial charge is 0.255 e. The second-order valence-electron chi connectivity index (χ2n) is 8.01. The zero-order valence-corrected chi connectivity index (χ0v) is 17.8. The van der Waals surface area contributed by atoms with Crippen LogP contribution < -0.4 is 15.4 Å². The molecule has 0 unspecified atom stereocenters. The van der Waals surface area contributed by atoms with Crippen LogP contribution in [0.1, 0.15) is 32.6 Å². The molecule has 31 heavy (non-hydrogen) atoms. The molecule has 158 valence electrons. The Hall–Kier alpha value is -3.60. The first-order chi connectivity index (χ1) is 15.0. The lowest BCUT2D eigenvalue weighted by Gasteiger charge is -2.25. The van der Waals surface area contributed by atoms with Crippen LogP contribution >= 0.6 is 0 Å². The van der Waals surface area contributed by atoms with Crippen molar-refractivity contribution in [3.05, 3.63) is 94.5 Å². The number of benzene rings is 3. The summed E-state index contributed by atoms with van der Waals surface area (Å²) < 4.78 is 5.82. The normalized spacial score (nSPS) is 14.8. The number of amides is 2. The van der Waals surface area contributed by atoms with Crippen molar-refractivity contribution in [2.24, 2.45) is 5.92 Å². The van der Waals surface area contributed by atoms with Crippen molar-refractivity contribution in [3.8, 4) is 5.75 Å². The fraction of sp³-hybridized carbons (Fsp3) is 0.231. The molecule has 0 aromatic heterocycles. The maximum Gasteiger partial charge on any atom is 0.255 e. The summed E-state index contributed by atoms with van der Waals surface area (Å²) in [5, 5.41) is 5.95. The first kappa shape index (κ1) is 20.7. The predicted octanol–water partition coefficient (Wildman–Crippen LogP) is 4.42. The van der Waals surface area contributed by atoms with Crippen LogP contribution in [-0.4, -0.2) is 18.4 Å². The Bertz CT molecular complexity index is 1110. The zero-order valence-electron chi connectivity index (χ0n) is 17.8. The van der Waals surface area contributed by atoms with Crippen LogP contribution in [0, 0.1) is 19.8 Å².